The van der Waals surface area contributed by atoms with Gasteiger partial charge in [0, 0.05) is 17.8 Å². The van der Waals surface area contributed by atoms with Crippen molar-refractivity contribution in [3.05, 3.63) is 30.5 Å². The molecule has 4 heteroatoms. The number of rotatable bonds is 2. The van der Waals surface area contributed by atoms with Gasteiger partial charge < -0.3 is 14.7 Å². The van der Waals surface area contributed by atoms with Gasteiger partial charge in [0.15, 0.2) is 0 Å². The van der Waals surface area contributed by atoms with Crippen LogP contribution in [0.2, 0.25) is 0 Å². The van der Waals surface area contributed by atoms with Gasteiger partial charge >= 0.3 is 7.69 Å². The van der Waals surface area contributed by atoms with E-state index in [1.807, 2.05) is 30.5 Å². The molecular formula is C8H8BNO2. The molecule has 1 aromatic carbocycles. The molecule has 0 saturated heterocycles. The van der Waals surface area contributed by atoms with Crippen LogP contribution < -0.4 is 4.65 Å². The zero-order chi connectivity index (χ0) is 8.39. The van der Waals surface area contributed by atoms with E-state index in [0.717, 1.165) is 10.9 Å². The van der Waals surface area contributed by atoms with E-state index >= 15 is 0 Å². The Balaban J connectivity index is 2.46. The summed E-state index contributed by atoms with van der Waals surface area (Å²) in [5.41, 5.74) is 1.01. The second kappa shape index (κ2) is 2.91. The third kappa shape index (κ3) is 1.17. The monoisotopic (exact) mass is 161 g/mol. The zero-order valence-corrected chi connectivity index (χ0v) is 6.45. The van der Waals surface area contributed by atoms with Crippen LogP contribution in [0.3, 0.4) is 0 Å². The highest BCUT2D eigenvalue weighted by Crippen LogP contribution is 2.18. The minimum Gasteiger partial charge on any atom is -0.539 e. The molecule has 12 heavy (non-hydrogen) atoms. The molecule has 0 aliphatic carbocycles. The fourth-order valence-corrected chi connectivity index (χ4v) is 1.19. The summed E-state index contributed by atoms with van der Waals surface area (Å²) in [5.74, 6) is 0.674. The van der Waals surface area contributed by atoms with Crippen molar-refractivity contribution >= 4 is 18.6 Å². The Bertz CT molecular complexity index is 385. The minimum absolute atomic E-state index is 0.286. The molecule has 0 atom stereocenters. The summed E-state index contributed by atoms with van der Waals surface area (Å²) in [5, 5.41) is 9.65. The molecule has 2 N–H and O–H groups in total. The first kappa shape index (κ1) is 7.25. The van der Waals surface area contributed by atoms with Crippen LogP contribution in [0.5, 0.6) is 5.75 Å². The Morgan fingerprint density at radius 3 is 3.08 bits per heavy atom. The van der Waals surface area contributed by atoms with Crippen molar-refractivity contribution in [2.24, 2.45) is 0 Å². The summed E-state index contributed by atoms with van der Waals surface area (Å²) in [6.45, 7) is 0. The first-order chi connectivity index (χ1) is 5.90. The second-order valence-electron chi connectivity index (χ2n) is 2.50. The van der Waals surface area contributed by atoms with Crippen molar-refractivity contribution < 1.29 is 9.68 Å². The number of H-pyrrole nitrogens is 1. The van der Waals surface area contributed by atoms with Gasteiger partial charge in [-0.05, 0) is 23.6 Å². The highest BCUT2D eigenvalue weighted by molar-refractivity contribution is 6.17. The maximum Gasteiger partial charge on any atom is 0.504 e. The van der Waals surface area contributed by atoms with Crippen LogP contribution in [0.25, 0.3) is 10.9 Å². The Labute approximate surface area is 70.3 Å². The summed E-state index contributed by atoms with van der Waals surface area (Å²) in [4.78, 5) is 3.06. The van der Waals surface area contributed by atoms with Crippen molar-refractivity contribution in [3.63, 3.8) is 0 Å². The van der Waals surface area contributed by atoms with E-state index in [1.54, 1.807) is 0 Å². The predicted molar refractivity (Wildman–Crippen MR) is 48.3 cm³/mol. The van der Waals surface area contributed by atoms with Gasteiger partial charge in [0.25, 0.3) is 0 Å². The molecule has 0 bridgehead atoms. The maximum atomic E-state index is 8.51. The van der Waals surface area contributed by atoms with E-state index in [-0.39, 0.29) is 7.69 Å². The first-order valence-electron chi connectivity index (χ1n) is 3.71. The van der Waals surface area contributed by atoms with Gasteiger partial charge in [-0.3, -0.25) is 0 Å². The SMILES string of the molecule is OBOc1ccc2cc[nH]c2c1. The summed E-state index contributed by atoms with van der Waals surface area (Å²) >= 11 is 0. The first-order valence-corrected chi connectivity index (χ1v) is 3.71. The van der Waals surface area contributed by atoms with E-state index in [9.17, 15) is 0 Å². The highest BCUT2D eigenvalue weighted by Gasteiger charge is 1.96. The standard InChI is InChI=1S/C8H8BNO2/c11-9-12-7-2-1-6-3-4-10-8(6)5-7/h1-5,9-11H. The van der Waals surface area contributed by atoms with Crippen LogP contribution >= 0.6 is 0 Å². The van der Waals surface area contributed by atoms with Crippen LogP contribution in [0.15, 0.2) is 30.5 Å². The lowest BCUT2D eigenvalue weighted by molar-refractivity contribution is 0.454. The van der Waals surface area contributed by atoms with Gasteiger partial charge in [0.1, 0.15) is 5.75 Å². The number of hydrogen-bond donors (Lipinski definition) is 2. The molecule has 1 heterocycles. The molecule has 0 radical (unpaired) electrons. The molecule has 60 valence electrons. The summed E-state index contributed by atoms with van der Waals surface area (Å²) in [6, 6.07) is 7.60. The molecule has 0 aliphatic heterocycles. The van der Waals surface area contributed by atoms with Gasteiger partial charge in [0.2, 0.25) is 0 Å². The Morgan fingerprint density at radius 1 is 1.33 bits per heavy atom. The quantitative estimate of drug-likeness (QED) is 0.640. The second-order valence-corrected chi connectivity index (χ2v) is 2.50. The van der Waals surface area contributed by atoms with Crippen LogP contribution in [0.4, 0.5) is 0 Å². The van der Waals surface area contributed by atoms with Crippen molar-refractivity contribution in [3.8, 4) is 5.75 Å². The van der Waals surface area contributed by atoms with Crippen molar-refractivity contribution in [1.82, 2.24) is 4.98 Å². The topological polar surface area (TPSA) is 45.2 Å². The third-order valence-electron chi connectivity index (χ3n) is 1.76. The fraction of sp³-hybridized carbons (Fsp3) is 0. The largest absolute Gasteiger partial charge is 0.539 e. The number of benzene rings is 1. The molecular weight excluding hydrogens is 153 g/mol. The van der Waals surface area contributed by atoms with E-state index in [4.69, 9.17) is 9.68 Å². The molecule has 2 rings (SSSR count). The molecule has 0 unspecified atom stereocenters. The number of aromatic amines is 1. The van der Waals surface area contributed by atoms with E-state index < -0.39 is 0 Å². The van der Waals surface area contributed by atoms with Crippen molar-refractivity contribution in [2.45, 2.75) is 0 Å². The average molecular weight is 161 g/mol. The summed E-state index contributed by atoms with van der Waals surface area (Å²) in [6.07, 6.45) is 1.87. The predicted octanol–water partition coefficient (Wildman–Crippen LogP) is 0.805. The van der Waals surface area contributed by atoms with Gasteiger partial charge in [-0.1, -0.05) is 0 Å². The third-order valence-corrected chi connectivity index (χ3v) is 1.76. The van der Waals surface area contributed by atoms with Crippen molar-refractivity contribution in [1.29, 1.82) is 0 Å². The molecule has 0 amide bonds. The number of aromatic nitrogens is 1. The molecule has 1 aromatic heterocycles. The molecule has 3 nitrogen and oxygen atoms in total. The Hall–Kier alpha value is -1.42. The lowest BCUT2D eigenvalue weighted by Crippen LogP contribution is -1.99. The van der Waals surface area contributed by atoms with Crippen LogP contribution in [0, 0.1) is 0 Å². The molecule has 2 aromatic rings. The van der Waals surface area contributed by atoms with E-state index in [0.29, 0.717) is 5.75 Å². The minimum atomic E-state index is -0.286. The molecule has 0 fully saturated rings. The Morgan fingerprint density at radius 2 is 2.25 bits per heavy atom. The summed E-state index contributed by atoms with van der Waals surface area (Å²) < 4.78 is 4.92. The van der Waals surface area contributed by atoms with Crippen molar-refractivity contribution in [2.75, 3.05) is 0 Å². The maximum absolute atomic E-state index is 8.51. The lowest BCUT2D eigenvalue weighted by atomic mass is 10.2. The molecule has 0 saturated carbocycles. The zero-order valence-electron chi connectivity index (χ0n) is 6.45. The number of nitrogens with one attached hydrogen (secondary N) is 1. The normalized spacial score (nSPS) is 10.1. The summed E-state index contributed by atoms with van der Waals surface area (Å²) in [7, 11) is -0.286. The molecule has 0 aliphatic rings. The molecule has 0 spiro atoms. The van der Waals surface area contributed by atoms with Crippen LogP contribution in [0.1, 0.15) is 0 Å². The number of hydrogen-bond acceptors (Lipinski definition) is 2. The van der Waals surface area contributed by atoms with Gasteiger partial charge in [-0.25, -0.2) is 0 Å². The smallest absolute Gasteiger partial charge is 0.504 e. The highest BCUT2D eigenvalue weighted by atomic mass is 16.5. The Kier molecular flexibility index (Phi) is 1.76. The van der Waals surface area contributed by atoms with Crippen LogP contribution in [-0.4, -0.2) is 17.7 Å². The lowest BCUT2D eigenvalue weighted by Gasteiger charge is -2.00. The fourth-order valence-electron chi connectivity index (χ4n) is 1.19. The van der Waals surface area contributed by atoms with E-state index in [2.05, 4.69) is 4.98 Å². The van der Waals surface area contributed by atoms with Crippen LogP contribution in [-0.2, 0) is 0 Å². The van der Waals surface area contributed by atoms with Gasteiger partial charge in [-0.2, -0.15) is 0 Å². The van der Waals surface area contributed by atoms with Gasteiger partial charge in [0.05, 0.1) is 0 Å². The number of fused-ring (bicyclic) bond motifs is 1. The van der Waals surface area contributed by atoms with Gasteiger partial charge in [-0.15, -0.1) is 0 Å². The average Bonchev–Trinajstić information content (AvgIpc) is 2.51. The van der Waals surface area contributed by atoms with E-state index in [1.165, 1.54) is 0 Å².